The highest BCUT2D eigenvalue weighted by atomic mass is 19.4. The van der Waals surface area contributed by atoms with Crippen LogP contribution in [-0.4, -0.2) is 56.4 Å². The molecule has 5 aromatic rings. The first-order chi connectivity index (χ1) is 27.8. The Bertz CT molecular complexity index is 2190. The highest BCUT2D eigenvalue weighted by Gasteiger charge is 2.43. The summed E-state index contributed by atoms with van der Waals surface area (Å²) in [4.78, 5) is 19.2. The van der Waals surface area contributed by atoms with Gasteiger partial charge < -0.3 is 9.64 Å². The molecule has 312 valence electrons. The Kier molecular flexibility index (Phi) is 11.1. The third-order valence-electron chi connectivity index (χ3n) is 10.4. The third-order valence-corrected chi connectivity index (χ3v) is 10.4. The van der Waals surface area contributed by atoms with Crippen molar-refractivity contribution in [3.63, 3.8) is 0 Å². The van der Waals surface area contributed by atoms with Crippen LogP contribution in [0.1, 0.15) is 84.3 Å². The van der Waals surface area contributed by atoms with E-state index in [1.807, 2.05) is 60.7 Å². The number of rotatable bonds is 9. The van der Waals surface area contributed by atoms with E-state index in [1.54, 1.807) is 20.8 Å². The van der Waals surface area contributed by atoms with E-state index >= 15 is 0 Å². The minimum Gasteiger partial charge on any atom is -0.446 e. The molecule has 2 aliphatic heterocycles. The molecule has 0 spiro atoms. The first-order valence-corrected chi connectivity index (χ1v) is 18.7. The van der Waals surface area contributed by atoms with E-state index in [2.05, 4.69) is 20.3 Å². The quantitative estimate of drug-likeness (QED) is 0.137. The van der Waals surface area contributed by atoms with Crippen LogP contribution in [0.25, 0.3) is 0 Å². The summed E-state index contributed by atoms with van der Waals surface area (Å²) in [5.74, 6) is -0.254. The summed E-state index contributed by atoms with van der Waals surface area (Å²) in [5.41, 5.74) is -2.72. The molecular weight excluding hydrogens is 793 g/mol. The molecule has 1 aromatic heterocycles. The molecule has 3 heterocycles. The second kappa shape index (κ2) is 15.8. The molecule has 1 amide bonds. The van der Waals surface area contributed by atoms with Crippen molar-refractivity contribution < 1.29 is 49.0 Å². The summed E-state index contributed by atoms with van der Waals surface area (Å²) in [7, 11) is 0. The highest BCUT2D eigenvalue weighted by molar-refractivity contribution is 5.90. The van der Waals surface area contributed by atoms with E-state index in [1.165, 1.54) is 14.6 Å². The molecule has 0 radical (unpaired) electrons. The second-order valence-corrected chi connectivity index (χ2v) is 15.0. The Labute approximate surface area is 333 Å². The summed E-state index contributed by atoms with van der Waals surface area (Å²) < 4.78 is 132. The van der Waals surface area contributed by atoms with Crippen molar-refractivity contribution in [1.29, 1.82) is 0 Å². The molecule has 1 saturated heterocycles. The van der Waals surface area contributed by atoms with E-state index < -0.39 is 71.6 Å². The average molecular weight is 832 g/mol. The van der Waals surface area contributed by atoms with E-state index in [0.29, 0.717) is 25.2 Å². The zero-order chi connectivity index (χ0) is 42.4. The van der Waals surface area contributed by atoms with E-state index in [9.17, 15) is 44.3 Å². The molecule has 59 heavy (non-hydrogen) atoms. The normalized spacial score (nSPS) is 17.9. The lowest BCUT2D eigenvalue weighted by Gasteiger charge is -2.44. The largest absolute Gasteiger partial charge is 0.446 e. The number of fused-ring (bicyclic) bond motifs is 1. The van der Waals surface area contributed by atoms with Crippen molar-refractivity contribution in [2.45, 2.75) is 82.5 Å². The topological polar surface area (TPSA) is 79.6 Å². The second-order valence-electron chi connectivity index (χ2n) is 15.0. The standard InChI is InChI=1S/C41H38F9N7O2/c1-24(2)59-38(58)56-25(3)16-35(33-20-29(39(42,43)44)14-15-34(33)56)55(21-26-17-30(40(45,46)47)19-31(18-26)41(48,49)50)37-51-53-57(52-37)32-22-54(23-32)36(27-10-6-4-7-11-27)28-12-8-5-9-13-28/h4-15,17-20,24-25,32,35-36H,16,21-23H2,1-3H3/t25-,35+/m0/s1. The minimum atomic E-state index is -5.17. The van der Waals surface area contributed by atoms with Gasteiger partial charge in [-0.1, -0.05) is 65.8 Å². The Balaban J connectivity index is 1.30. The molecule has 7 rings (SSSR count). The molecule has 0 aliphatic carbocycles. The number of hydrogen-bond donors (Lipinski definition) is 0. The number of aromatic nitrogens is 4. The Morgan fingerprint density at radius 1 is 0.780 bits per heavy atom. The molecule has 9 nitrogen and oxygen atoms in total. The minimum absolute atomic E-state index is 0.00528. The lowest BCUT2D eigenvalue weighted by molar-refractivity contribution is -0.143. The van der Waals surface area contributed by atoms with Gasteiger partial charge in [-0.05, 0) is 91.1 Å². The SMILES string of the molecule is CC(C)OC(=O)N1c2ccc(C(F)(F)F)cc2[C@H](N(Cc2cc(C(F)(F)F)cc(C(F)(F)F)c2)c2nnn(C3CN(C(c4ccccc4)c4ccccc4)C3)n2)C[C@@H]1C. The third kappa shape index (κ3) is 8.87. The first-order valence-electron chi connectivity index (χ1n) is 18.7. The molecule has 0 N–H and O–H groups in total. The molecule has 18 heteroatoms. The molecule has 1 fully saturated rings. The van der Waals surface area contributed by atoms with Crippen molar-refractivity contribution in [2.24, 2.45) is 0 Å². The monoisotopic (exact) mass is 831 g/mol. The van der Waals surface area contributed by atoms with Crippen LogP contribution in [-0.2, 0) is 29.8 Å². The van der Waals surface area contributed by atoms with Gasteiger partial charge in [0, 0.05) is 25.7 Å². The number of likely N-dealkylation sites (tertiary alicyclic amines) is 1. The number of amides is 1. The molecule has 2 atom stereocenters. The van der Waals surface area contributed by atoms with E-state index in [0.717, 1.165) is 29.3 Å². The Morgan fingerprint density at radius 2 is 1.34 bits per heavy atom. The van der Waals surface area contributed by atoms with Crippen LogP contribution < -0.4 is 9.80 Å². The van der Waals surface area contributed by atoms with Crippen molar-refractivity contribution in [1.82, 2.24) is 25.1 Å². The number of tetrazole rings is 1. The number of benzene rings is 4. The molecule has 4 aromatic carbocycles. The fourth-order valence-electron chi connectivity index (χ4n) is 7.69. The lowest BCUT2D eigenvalue weighted by atomic mass is 9.89. The van der Waals surface area contributed by atoms with Gasteiger partial charge in [0.05, 0.1) is 46.6 Å². The van der Waals surface area contributed by atoms with Crippen LogP contribution in [0.15, 0.2) is 97.1 Å². The van der Waals surface area contributed by atoms with Crippen molar-refractivity contribution in [3.05, 3.63) is 136 Å². The first kappa shape index (κ1) is 41.5. The number of anilines is 2. The van der Waals surface area contributed by atoms with E-state index in [-0.39, 0.29) is 41.8 Å². The number of ether oxygens (including phenoxy) is 1. The summed E-state index contributed by atoms with van der Waals surface area (Å²) in [6, 6.07) is 20.8. The number of carbonyl (C=O) groups excluding carboxylic acids is 1. The Morgan fingerprint density at radius 3 is 1.86 bits per heavy atom. The van der Waals surface area contributed by atoms with Gasteiger partial charge in [-0.3, -0.25) is 9.80 Å². The lowest BCUT2D eigenvalue weighted by Crippen LogP contribution is -2.50. The number of alkyl halides is 9. The van der Waals surface area contributed by atoms with Crippen LogP contribution in [0.4, 0.5) is 55.9 Å². The van der Waals surface area contributed by atoms with Gasteiger partial charge in [0.15, 0.2) is 0 Å². The summed E-state index contributed by atoms with van der Waals surface area (Å²) in [5, 5.41) is 13.0. The number of halogens is 9. The zero-order valence-electron chi connectivity index (χ0n) is 31.8. The summed E-state index contributed by atoms with van der Waals surface area (Å²) in [6.45, 7) is 4.94. The van der Waals surface area contributed by atoms with Gasteiger partial charge in [-0.25, -0.2) is 4.79 Å². The average Bonchev–Trinajstić information content (AvgIpc) is 3.63. The van der Waals surface area contributed by atoms with Crippen molar-refractivity contribution in [3.8, 4) is 0 Å². The van der Waals surface area contributed by atoms with Crippen LogP contribution in [0.5, 0.6) is 0 Å². The molecule has 2 aliphatic rings. The van der Waals surface area contributed by atoms with Gasteiger partial charge >= 0.3 is 24.6 Å². The van der Waals surface area contributed by atoms with E-state index in [4.69, 9.17) is 4.74 Å². The maximum Gasteiger partial charge on any atom is 0.416 e. The summed E-state index contributed by atoms with van der Waals surface area (Å²) in [6.07, 6.45) is -16.8. The van der Waals surface area contributed by atoms with Gasteiger partial charge in [0.2, 0.25) is 0 Å². The highest BCUT2D eigenvalue weighted by Crippen LogP contribution is 2.46. The van der Waals surface area contributed by atoms with Crippen molar-refractivity contribution >= 4 is 17.7 Å². The predicted octanol–water partition coefficient (Wildman–Crippen LogP) is 10.3. The number of hydrogen-bond acceptors (Lipinski definition) is 7. The molecular formula is C41H38F9N7O2. The fourth-order valence-corrected chi connectivity index (χ4v) is 7.69. The smallest absolute Gasteiger partial charge is 0.416 e. The zero-order valence-corrected chi connectivity index (χ0v) is 31.8. The van der Waals surface area contributed by atoms with Gasteiger partial charge in [0.1, 0.15) is 0 Å². The molecule has 0 saturated carbocycles. The Hall–Kier alpha value is -5.65. The maximum atomic E-state index is 14.2. The van der Waals surface area contributed by atoms with Crippen LogP contribution >= 0.6 is 0 Å². The summed E-state index contributed by atoms with van der Waals surface area (Å²) >= 11 is 0. The predicted molar refractivity (Wildman–Crippen MR) is 198 cm³/mol. The van der Waals surface area contributed by atoms with Crippen molar-refractivity contribution in [2.75, 3.05) is 22.9 Å². The number of carbonyl (C=O) groups is 1. The van der Waals surface area contributed by atoms with Crippen LogP contribution in [0.3, 0.4) is 0 Å². The molecule has 0 bridgehead atoms. The van der Waals surface area contributed by atoms with Gasteiger partial charge in [0.25, 0.3) is 5.95 Å². The number of nitrogens with zero attached hydrogens (tertiary/aromatic N) is 7. The van der Waals surface area contributed by atoms with Crippen LogP contribution in [0.2, 0.25) is 0 Å². The maximum absolute atomic E-state index is 14.2. The van der Waals surface area contributed by atoms with Gasteiger partial charge in [-0.2, -0.15) is 44.3 Å². The fraction of sp³-hybridized carbons (Fsp3) is 0.366. The van der Waals surface area contributed by atoms with Gasteiger partial charge in [-0.15, -0.1) is 5.10 Å². The van der Waals surface area contributed by atoms with Crippen LogP contribution in [0, 0.1) is 0 Å². The molecule has 0 unspecified atom stereocenters.